The quantitative estimate of drug-likeness (QED) is 0.887. The van der Waals surface area contributed by atoms with Crippen molar-refractivity contribution in [2.24, 2.45) is 5.92 Å². The number of likely N-dealkylation sites (tertiary alicyclic amines) is 1. The third kappa shape index (κ3) is 4.39. The molecule has 1 aromatic heterocycles. The first-order valence-electron chi connectivity index (χ1n) is 8.33. The summed E-state index contributed by atoms with van der Waals surface area (Å²) in [6.45, 7) is 4.13. The highest BCUT2D eigenvalue weighted by Crippen LogP contribution is 2.23. The second-order valence-corrected chi connectivity index (χ2v) is 6.30. The van der Waals surface area contributed by atoms with Gasteiger partial charge in [0.25, 0.3) is 0 Å². The lowest BCUT2D eigenvalue weighted by Gasteiger charge is -2.31. The Labute approximate surface area is 136 Å². The first kappa shape index (κ1) is 16.1. The molecule has 0 radical (unpaired) electrons. The molecule has 4 nitrogen and oxygen atoms in total. The molecule has 1 aliphatic heterocycles. The Kier molecular flexibility index (Phi) is 5.41. The van der Waals surface area contributed by atoms with E-state index in [-0.39, 0.29) is 5.82 Å². The molecular formula is C18H24FN3O. The molecule has 1 fully saturated rings. The van der Waals surface area contributed by atoms with Crippen LogP contribution in [0.1, 0.15) is 25.0 Å². The standard InChI is InChI=1S/C18H24FN3O/c1-20-9-6-14-7-10-22(11-8-14)13-17-12-18(21-23-17)15-2-4-16(19)5-3-15/h2-5,12,14,20H,6-11,13H2,1H3. The minimum Gasteiger partial charge on any atom is -0.359 e. The van der Waals surface area contributed by atoms with Crippen LogP contribution in [0.3, 0.4) is 0 Å². The summed E-state index contributed by atoms with van der Waals surface area (Å²) in [5.41, 5.74) is 1.65. The fourth-order valence-corrected chi connectivity index (χ4v) is 3.15. The average Bonchev–Trinajstić information content (AvgIpc) is 3.03. The summed E-state index contributed by atoms with van der Waals surface area (Å²) < 4.78 is 18.4. The lowest BCUT2D eigenvalue weighted by molar-refractivity contribution is 0.158. The van der Waals surface area contributed by atoms with Gasteiger partial charge in [-0.1, -0.05) is 5.16 Å². The Bertz CT molecular complexity index is 603. The number of nitrogens with one attached hydrogen (secondary N) is 1. The van der Waals surface area contributed by atoms with Crippen LogP contribution in [0.4, 0.5) is 4.39 Å². The highest BCUT2D eigenvalue weighted by molar-refractivity contribution is 5.58. The first-order valence-corrected chi connectivity index (χ1v) is 8.33. The molecule has 0 aliphatic carbocycles. The van der Waals surface area contributed by atoms with Gasteiger partial charge in [-0.3, -0.25) is 4.90 Å². The fourth-order valence-electron chi connectivity index (χ4n) is 3.15. The molecule has 0 bridgehead atoms. The van der Waals surface area contributed by atoms with E-state index in [2.05, 4.69) is 15.4 Å². The van der Waals surface area contributed by atoms with Crippen molar-refractivity contribution in [1.82, 2.24) is 15.4 Å². The summed E-state index contributed by atoms with van der Waals surface area (Å²) in [4.78, 5) is 2.42. The van der Waals surface area contributed by atoms with Crippen LogP contribution in [0, 0.1) is 11.7 Å². The van der Waals surface area contributed by atoms with E-state index in [1.807, 2.05) is 13.1 Å². The van der Waals surface area contributed by atoms with Crippen molar-refractivity contribution in [2.45, 2.75) is 25.8 Å². The number of rotatable bonds is 6. The highest BCUT2D eigenvalue weighted by Gasteiger charge is 2.20. The van der Waals surface area contributed by atoms with E-state index in [9.17, 15) is 4.39 Å². The zero-order valence-corrected chi connectivity index (χ0v) is 13.6. The van der Waals surface area contributed by atoms with Gasteiger partial charge in [-0.25, -0.2) is 4.39 Å². The maximum absolute atomic E-state index is 13.0. The molecule has 5 heteroatoms. The van der Waals surface area contributed by atoms with E-state index in [0.29, 0.717) is 0 Å². The molecule has 0 amide bonds. The van der Waals surface area contributed by atoms with E-state index < -0.39 is 0 Å². The Balaban J connectivity index is 1.53. The van der Waals surface area contributed by atoms with Gasteiger partial charge in [-0.2, -0.15) is 0 Å². The van der Waals surface area contributed by atoms with Crippen molar-refractivity contribution in [3.05, 3.63) is 41.9 Å². The molecule has 1 saturated heterocycles. The molecular weight excluding hydrogens is 293 g/mol. The van der Waals surface area contributed by atoms with Gasteiger partial charge in [-0.15, -0.1) is 0 Å². The zero-order valence-electron chi connectivity index (χ0n) is 13.6. The number of hydrogen-bond acceptors (Lipinski definition) is 4. The maximum atomic E-state index is 13.0. The topological polar surface area (TPSA) is 41.3 Å². The summed E-state index contributed by atoms with van der Waals surface area (Å²) in [6, 6.07) is 8.30. The third-order valence-electron chi connectivity index (χ3n) is 4.59. The van der Waals surface area contributed by atoms with Gasteiger partial charge in [0, 0.05) is 11.6 Å². The minimum atomic E-state index is -0.237. The Morgan fingerprint density at radius 3 is 2.70 bits per heavy atom. The zero-order chi connectivity index (χ0) is 16.1. The number of piperidine rings is 1. The van der Waals surface area contributed by atoms with Gasteiger partial charge in [0.2, 0.25) is 0 Å². The highest BCUT2D eigenvalue weighted by atomic mass is 19.1. The van der Waals surface area contributed by atoms with E-state index in [0.717, 1.165) is 49.1 Å². The fraction of sp³-hybridized carbons (Fsp3) is 0.500. The van der Waals surface area contributed by atoms with Gasteiger partial charge in [0.05, 0.1) is 6.54 Å². The van der Waals surface area contributed by atoms with E-state index >= 15 is 0 Å². The van der Waals surface area contributed by atoms with Crippen LogP contribution in [0.2, 0.25) is 0 Å². The number of halogens is 1. The van der Waals surface area contributed by atoms with Crippen LogP contribution in [0.25, 0.3) is 11.3 Å². The first-order chi connectivity index (χ1) is 11.2. The normalized spacial score (nSPS) is 16.8. The Morgan fingerprint density at radius 1 is 1.26 bits per heavy atom. The molecule has 1 N–H and O–H groups in total. The largest absolute Gasteiger partial charge is 0.359 e. The predicted octanol–water partition coefficient (Wildman–Crippen LogP) is 3.30. The lowest BCUT2D eigenvalue weighted by atomic mass is 9.93. The third-order valence-corrected chi connectivity index (χ3v) is 4.59. The van der Waals surface area contributed by atoms with E-state index in [1.54, 1.807) is 12.1 Å². The van der Waals surface area contributed by atoms with Gasteiger partial charge in [-0.05, 0) is 76.1 Å². The molecule has 23 heavy (non-hydrogen) atoms. The van der Waals surface area contributed by atoms with Crippen LogP contribution in [-0.4, -0.2) is 36.7 Å². The van der Waals surface area contributed by atoms with Crippen molar-refractivity contribution in [2.75, 3.05) is 26.7 Å². The molecule has 0 spiro atoms. The molecule has 1 aromatic carbocycles. The SMILES string of the molecule is CNCCC1CCN(Cc2cc(-c3ccc(F)cc3)no2)CC1. The second kappa shape index (κ2) is 7.70. The predicted molar refractivity (Wildman–Crippen MR) is 88.4 cm³/mol. The van der Waals surface area contributed by atoms with Crippen LogP contribution >= 0.6 is 0 Å². The number of benzene rings is 1. The van der Waals surface area contributed by atoms with Gasteiger partial charge in [0.1, 0.15) is 11.5 Å². The van der Waals surface area contributed by atoms with Crippen LogP contribution in [0.15, 0.2) is 34.9 Å². The van der Waals surface area contributed by atoms with E-state index in [4.69, 9.17) is 4.52 Å². The molecule has 124 valence electrons. The summed E-state index contributed by atoms with van der Waals surface area (Å²) in [5, 5.41) is 7.33. The Morgan fingerprint density at radius 2 is 2.00 bits per heavy atom. The van der Waals surface area contributed by atoms with Crippen molar-refractivity contribution < 1.29 is 8.91 Å². The Hall–Kier alpha value is -1.72. The van der Waals surface area contributed by atoms with Crippen molar-refractivity contribution in [3.63, 3.8) is 0 Å². The number of nitrogens with zero attached hydrogens (tertiary/aromatic N) is 2. The van der Waals surface area contributed by atoms with Crippen LogP contribution < -0.4 is 5.32 Å². The smallest absolute Gasteiger partial charge is 0.151 e. The molecule has 2 aromatic rings. The molecule has 1 aliphatic rings. The molecule has 0 saturated carbocycles. The van der Waals surface area contributed by atoms with E-state index in [1.165, 1.54) is 31.4 Å². The monoisotopic (exact) mass is 317 g/mol. The van der Waals surface area contributed by atoms with Gasteiger partial charge in [0.15, 0.2) is 5.76 Å². The number of hydrogen-bond donors (Lipinski definition) is 1. The summed E-state index contributed by atoms with van der Waals surface area (Å²) in [6.07, 6.45) is 3.77. The van der Waals surface area contributed by atoms with Gasteiger partial charge >= 0.3 is 0 Å². The van der Waals surface area contributed by atoms with Crippen molar-refractivity contribution in [1.29, 1.82) is 0 Å². The molecule has 0 unspecified atom stereocenters. The van der Waals surface area contributed by atoms with Crippen LogP contribution in [0.5, 0.6) is 0 Å². The van der Waals surface area contributed by atoms with Crippen molar-refractivity contribution >= 4 is 0 Å². The summed E-state index contributed by atoms with van der Waals surface area (Å²) in [5.74, 6) is 1.47. The van der Waals surface area contributed by atoms with Crippen molar-refractivity contribution in [3.8, 4) is 11.3 Å². The molecule has 3 rings (SSSR count). The molecule has 2 heterocycles. The van der Waals surface area contributed by atoms with Gasteiger partial charge < -0.3 is 9.84 Å². The average molecular weight is 317 g/mol. The molecule has 0 atom stereocenters. The second-order valence-electron chi connectivity index (χ2n) is 6.30. The maximum Gasteiger partial charge on any atom is 0.151 e. The van der Waals surface area contributed by atoms with Crippen LogP contribution in [-0.2, 0) is 6.54 Å². The summed E-state index contributed by atoms with van der Waals surface area (Å²) >= 11 is 0. The minimum absolute atomic E-state index is 0.237. The summed E-state index contributed by atoms with van der Waals surface area (Å²) in [7, 11) is 2.01. The number of aromatic nitrogens is 1. The lowest BCUT2D eigenvalue weighted by Crippen LogP contribution is -2.33.